The summed E-state index contributed by atoms with van der Waals surface area (Å²) in [5.41, 5.74) is 0.734. The molecule has 26 heavy (non-hydrogen) atoms. The van der Waals surface area contributed by atoms with Gasteiger partial charge in [-0.05, 0) is 35.7 Å². The molecule has 0 atom stereocenters. The van der Waals surface area contributed by atoms with E-state index in [0.29, 0.717) is 15.9 Å². The summed E-state index contributed by atoms with van der Waals surface area (Å²) >= 11 is 7.41. The van der Waals surface area contributed by atoms with Crippen molar-refractivity contribution in [3.05, 3.63) is 51.1 Å². The van der Waals surface area contributed by atoms with Crippen molar-refractivity contribution < 1.29 is 9.59 Å². The molecule has 1 aromatic carbocycles. The molecule has 0 unspecified atom stereocenters. The molecule has 0 spiro atoms. The summed E-state index contributed by atoms with van der Waals surface area (Å²) in [5, 5.41) is 15.8. The molecule has 0 aliphatic rings. The summed E-state index contributed by atoms with van der Waals surface area (Å²) in [4.78, 5) is 24.9. The summed E-state index contributed by atoms with van der Waals surface area (Å²) in [6.07, 6.45) is 0.315. The fourth-order valence-corrected chi connectivity index (χ4v) is 4.45. The second-order valence-electron chi connectivity index (χ2n) is 5.02. The summed E-state index contributed by atoms with van der Waals surface area (Å²) < 4.78 is 1.58. The zero-order chi connectivity index (χ0) is 18.4. The van der Waals surface area contributed by atoms with E-state index >= 15 is 0 Å². The monoisotopic (exact) mass is 468 g/mol. The van der Waals surface area contributed by atoms with Crippen LogP contribution in [-0.4, -0.2) is 27.8 Å². The number of hydrogen-bond acceptors (Lipinski definition) is 7. The Labute approximate surface area is 170 Å². The summed E-state index contributed by atoms with van der Waals surface area (Å²) in [6, 6.07) is 11.2. The molecule has 2 aromatic heterocycles. The Morgan fingerprint density at radius 3 is 2.62 bits per heavy atom. The zero-order valence-electron chi connectivity index (χ0n) is 13.3. The highest BCUT2D eigenvalue weighted by Crippen LogP contribution is 2.26. The van der Waals surface area contributed by atoms with Crippen LogP contribution in [0.1, 0.15) is 4.88 Å². The minimum atomic E-state index is -0.131. The molecule has 0 fully saturated rings. The minimum absolute atomic E-state index is 0.129. The zero-order valence-corrected chi connectivity index (χ0v) is 17.3. The second-order valence-corrected chi connectivity index (χ2v) is 9.17. The van der Waals surface area contributed by atoms with Crippen molar-refractivity contribution in [1.29, 1.82) is 0 Å². The van der Waals surface area contributed by atoms with Crippen molar-refractivity contribution in [3.8, 4) is 0 Å². The highest BCUT2D eigenvalue weighted by molar-refractivity contribution is 9.10. The van der Waals surface area contributed by atoms with Gasteiger partial charge >= 0.3 is 0 Å². The Kier molecular flexibility index (Phi) is 6.78. The van der Waals surface area contributed by atoms with E-state index in [4.69, 9.17) is 0 Å². The van der Waals surface area contributed by atoms with Gasteiger partial charge in [0.25, 0.3) is 0 Å². The molecule has 0 aliphatic carbocycles. The lowest BCUT2D eigenvalue weighted by Gasteiger charge is -2.03. The van der Waals surface area contributed by atoms with Crippen LogP contribution < -0.4 is 10.6 Å². The summed E-state index contributed by atoms with van der Waals surface area (Å²) in [7, 11) is 0. The minimum Gasteiger partial charge on any atom is -0.325 e. The smallest absolute Gasteiger partial charge is 0.234 e. The molecule has 134 valence electrons. The molecule has 6 nitrogen and oxygen atoms in total. The van der Waals surface area contributed by atoms with Crippen molar-refractivity contribution in [2.75, 3.05) is 16.4 Å². The van der Waals surface area contributed by atoms with Crippen molar-refractivity contribution in [1.82, 2.24) is 10.2 Å². The van der Waals surface area contributed by atoms with Crippen LogP contribution in [0.15, 0.2) is 50.6 Å². The van der Waals surface area contributed by atoms with Gasteiger partial charge < -0.3 is 10.6 Å². The Bertz CT molecular complexity index is 881. The summed E-state index contributed by atoms with van der Waals surface area (Å²) in [6.45, 7) is 0. The van der Waals surface area contributed by atoms with E-state index in [-0.39, 0.29) is 17.6 Å². The van der Waals surface area contributed by atoms with Crippen LogP contribution in [0, 0.1) is 0 Å². The van der Waals surface area contributed by atoms with Gasteiger partial charge in [0.1, 0.15) is 0 Å². The first-order valence-corrected chi connectivity index (χ1v) is 10.9. The molecule has 0 saturated heterocycles. The van der Waals surface area contributed by atoms with E-state index in [0.717, 1.165) is 15.0 Å². The number of aromatic nitrogens is 2. The first-order chi connectivity index (χ1) is 12.6. The van der Waals surface area contributed by atoms with Gasteiger partial charge in [-0.25, -0.2) is 0 Å². The molecule has 3 rings (SSSR count). The van der Waals surface area contributed by atoms with E-state index in [9.17, 15) is 9.59 Å². The highest BCUT2D eigenvalue weighted by atomic mass is 79.9. The lowest BCUT2D eigenvalue weighted by Crippen LogP contribution is -2.13. The first kappa shape index (κ1) is 19.0. The number of carbonyl (C=O) groups excluding carboxylic acids is 2. The average molecular weight is 469 g/mol. The van der Waals surface area contributed by atoms with Crippen LogP contribution in [-0.2, 0) is 16.0 Å². The van der Waals surface area contributed by atoms with E-state index in [1.54, 1.807) is 0 Å². The molecule has 0 saturated carbocycles. The second kappa shape index (κ2) is 9.26. The van der Waals surface area contributed by atoms with Gasteiger partial charge in [0.15, 0.2) is 4.34 Å². The van der Waals surface area contributed by atoms with E-state index in [1.165, 1.54) is 34.4 Å². The summed E-state index contributed by atoms with van der Waals surface area (Å²) in [5.74, 6) is -0.0441. The fraction of sp³-hybridized carbons (Fsp3) is 0.125. The molecule has 10 heteroatoms. The topological polar surface area (TPSA) is 84.0 Å². The number of carbonyl (C=O) groups is 2. The van der Waals surface area contributed by atoms with Gasteiger partial charge in [0.05, 0.1) is 12.2 Å². The Balaban J connectivity index is 1.45. The maximum atomic E-state index is 12.0. The van der Waals surface area contributed by atoms with Crippen LogP contribution in [0.3, 0.4) is 0 Å². The van der Waals surface area contributed by atoms with Crippen LogP contribution in [0.2, 0.25) is 0 Å². The highest BCUT2D eigenvalue weighted by Gasteiger charge is 2.11. The molecule has 0 aliphatic heterocycles. The quantitative estimate of drug-likeness (QED) is 0.399. The third-order valence-corrected chi connectivity index (χ3v) is 6.40. The number of rotatable bonds is 7. The van der Waals surface area contributed by atoms with Crippen molar-refractivity contribution in [3.63, 3.8) is 0 Å². The number of benzene rings is 1. The number of thioether (sulfide) groups is 1. The number of hydrogen-bond donors (Lipinski definition) is 2. The lowest BCUT2D eigenvalue weighted by molar-refractivity contribution is -0.115. The predicted molar refractivity (Wildman–Crippen MR) is 110 cm³/mol. The number of anilines is 2. The fourth-order valence-electron chi connectivity index (χ4n) is 1.91. The number of amides is 2. The van der Waals surface area contributed by atoms with Gasteiger partial charge in [0.2, 0.25) is 16.9 Å². The van der Waals surface area contributed by atoms with Gasteiger partial charge in [0, 0.05) is 15.0 Å². The largest absolute Gasteiger partial charge is 0.325 e. The molecule has 3 aromatic rings. The third-order valence-electron chi connectivity index (χ3n) is 3.02. The molecule has 2 amide bonds. The normalized spacial score (nSPS) is 10.5. The van der Waals surface area contributed by atoms with Gasteiger partial charge in [-0.1, -0.05) is 45.1 Å². The van der Waals surface area contributed by atoms with Crippen LogP contribution in [0.25, 0.3) is 0 Å². The molecular formula is C16H13BrN4O2S3. The molecule has 2 heterocycles. The van der Waals surface area contributed by atoms with E-state index in [2.05, 4.69) is 36.8 Å². The number of nitrogens with one attached hydrogen (secondary N) is 2. The molecule has 0 bridgehead atoms. The maximum Gasteiger partial charge on any atom is 0.234 e. The van der Waals surface area contributed by atoms with E-state index < -0.39 is 0 Å². The predicted octanol–water partition coefficient (Wildman–Crippen LogP) is 4.27. The van der Waals surface area contributed by atoms with Crippen LogP contribution in [0.5, 0.6) is 0 Å². The first-order valence-electron chi connectivity index (χ1n) is 7.42. The van der Waals surface area contributed by atoms with E-state index in [1.807, 2.05) is 41.8 Å². The molecular weight excluding hydrogens is 456 g/mol. The molecule has 0 radical (unpaired) electrons. The Morgan fingerprint density at radius 1 is 1.08 bits per heavy atom. The Morgan fingerprint density at radius 2 is 1.88 bits per heavy atom. The number of nitrogens with zero attached hydrogens (tertiary/aromatic N) is 2. The standard InChI is InChI=1S/C16H13BrN4O2S3/c17-10-3-5-11(6-4-10)18-14(23)9-25-16-21-20-15(26-16)19-13(22)8-12-2-1-7-24-12/h1-7H,8-9H2,(H,18,23)(H,19,20,22). The van der Waals surface area contributed by atoms with Crippen molar-refractivity contribution in [2.45, 2.75) is 10.8 Å². The molecule has 2 N–H and O–H groups in total. The SMILES string of the molecule is O=C(CSc1nnc(NC(=O)Cc2cccs2)s1)Nc1ccc(Br)cc1. The van der Waals surface area contributed by atoms with Gasteiger partial charge in [-0.3, -0.25) is 9.59 Å². The van der Waals surface area contributed by atoms with Crippen molar-refractivity contribution >= 4 is 73.0 Å². The average Bonchev–Trinajstić information content (AvgIpc) is 3.27. The Hall–Kier alpha value is -1.75. The van der Waals surface area contributed by atoms with Crippen LogP contribution in [0.4, 0.5) is 10.8 Å². The third kappa shape index (κ3) is 5.90. The van der Waals surface area contributed by atoms with Crippen LogP contribution >= 0.6 is 50.4 Å². The maximum absolute atomic E-state index is 12.0. The number of halogens is 1. The van der Waals surface area contributed by atoms with Crippen molar-refractivity contribution in [2.24, 2.45) is 0 Å². The number of thiophene rings is 1. The van der Waals surface area contributed by atoms with Gasteiger partial charge in [-0.15, -0.1) is 21.5 Å². The lowest BCUT2D eigenvalue weighted by atomic mass is 10.3. The van der Waals surface area contributed by atoms with Gasteiger partial charge in [-0.2, -0.15) is 0 Å².